The number of hydrogen-bond acceptors (Lipinski definition) is 2. The van der Waals surface area contributed by atoms with Crippen molar-refractivity contribution in [2.24, 2.45) is 52.3 Å². The largest absolute Gasteiger partial charge is 0.393 e. The van der Waals surface area contributed by atoms with E-state index in [9.17, 15) is 9.90 Å². The van der Waals surface area contributed by atoms with Gasteiger partial charge in [-0.15, -0.1) is 0 Å². The van der Waals surface area contributed by atoms with E-state index in [0.29, 0.717) is 40.8 Å². The third kappa shape index (κ3) is 3.54. The van der Waals surface area contributed by atoms with Crippen molar-refractivity contribution in [2.75, 3.05) is 0 Å². The van der Waals surface area contributed by atoms with Crippen molar-refractivity contribution in [3.05, 3.63) is 12.2 Å². The summed E-state index contributed by atoms with van der Waals surface area (Å²) < 4.78 is 0. The van der Waals surface area contributed by atoms with E-state index in [1.807, 2.05) is 0 Å². The van der Waals surface area contributed by atoms with E-state index >= 15 is 0 Å². The van der Waals surface area contributed by atoms with Gasteiger partial charge in [-0.2, -0.15) is 0 Å². The van der Waals surface area contributed by atoms with Gasteiger partial charge in [0.25, 0.3) is 0 Å². The Hall–Kier alpha value is -0.630. The fraction of sp³-hybridized carbons (Fsp3) is 0.893. The van der Waals surface area contributed by atoms with Crippen LogP contribution < -0.4 is 0 Å². The van der Waals surface area contributed by atoms with Crippen LogP contribution in [0.1, 0.15) is 98.8 Å². The van der Waals surface area contributed by atoms with Gasteiger partial charge in [0.15, 0.2) is 0 Å². The molecule has 170 valence electrons. The molecule has 0 spiro atoms. The van der Waals surface area contributed by atoms with E-state index in [-0.39, 0.29) is 11.5 Å². The monoisotopic (exact) mass is 414 g/mol. The average Bonchev–Trinajstić information content (AvgIpc) is 3.04. The molecule has 30 heavy (non-hydrogen) atoms. The van der Waals surface area contributed by atoms with Gasteiger partial charge in [0.2, 0.25) is 0 Å². The van der Waals surface area contributed by atoms with Gasteiger partial charge in [0.05, 0.1) is 6.10 Å². The molecular weight excluding hydrogens is 368 g/mol. The predicted molar refractivity (Wildman–Crippen MR) is 124 cm³/mol. The SMILES string of the molecule is C=C(CCC(C)C1CCC2[C@H]3C(=O)CC4CC(O)CCC4(C)C3CC[C@]12C)C(C)C. The van der Waals surface area contributed by atoms with E-state index in [1.165, 1.54) is 37.7 Å². The van der Waals surface area contributed by atoms with Gasteiger partial charge in [-0.3, -0.25) is 4.79 Å². The Morgan fingerprint density at radius 1 is 1.07 bits per heavy atom. The zero-order valence-electron chi connectivity index (χ0n) is 20.3. The van der Waals surface area contributed by atoms with E-state index in [4.69, 9.17) is 0 Å². The highest BCUT2D eigenvalue weighted by atomic mass is 16.3. The maximum Gasteiger partial charge on any atom is 0.136 e. The van der Waals surface area contributed by atoms with Gasteiger partial charge >= 0.3 is 0 Å². The number of hydrogen-bond donors (Lipinski definition) is 1. The molecule has 0 saturated heterocycles. The quantitative estimate of drug-likeness (QED) is 0.501. The Kier molecular flexibility index (Phi) is 6.06. The molecule has 0 aliphatic heterocycles. The Balaban J connectivity index is 1.51. The molecule has 0 aromatic rings. The zero-order chi connectivity index (χ0) is 21.8. The highest BCUT2D eigenvalue weighted by Crippen LogP contribution is 2.67. The van der Waals surface area contributed by atoms with Crippen molar-refractivity contribution >= 4 is 5.78 Å². The van der Waals surface area contributed by atoms with E-state index in [1.54, 1.807) is 0 Å². The molecule has 0 heterocycles. The molecule has 2 heteroatoms. The first-order valence-corrected chi connectivity index (χ1v) is 13.0. The lowest BCUT2D eigenvalue weighted by molar-refractivity contribution is -0.160. The number of rotatable bonds is 5. The fourth-order valence-electron chi connectivity index (χ4n) is 8.79. The zero-order valence-corrected chi connectivity index (χ0v) is 20.3. The van der Waals surface area contributed by atoms with Crippen molar-refractivity contribution in [2.45, 2.75) is 105 Å². The van der Waals surface area contributed by atoms with Crippen molar-refractivity contribution in [3.8, 4) is 0 Å². The maximum atomic E-state index is 13.5. The fourth-order valence-corrected chi connectivity index (χ4v) is 8.79. The van der Waals surface area contributed by atoms with Crippen LogP contribution in [0, 0.1) is 52.3 Å². The standard InChI is InChI=1S/C28H46O2/c1-17(2)18(3)7-8-19(4)22-9-10-23-26-24(12-14-28(22,23)6)27(5)13-11-21(29)15-20(27)16-25(26)30/h17,19-24,26,29H,3,7-16H2,1-2,4-6H3/t19?,20?,21?,22?,23?,24?,26-,27?,28-/m1/s1. The molecule has 0 radical (unpaired) electrons. The summed E-state index contributed by atoms with van der Waals surface area (Å²) >= 11 is 0. The van der Waals surface area contributed by atoms with Gasteiger partial charge in [-0.05, 0) is 104 Å². The number of carbonyl (C=O) groups is 1. The first-order valence-electron chi connectivity index (χ1n) is 13.0. The van der Waals surface area contributed by atoms with Gasteiger partial charge in [0.1, 0.15) is 5.78 Å². The van der Waals surface area contributed by atoms with Gasteiger partial charge in [-0.25, -0.2) is 0 Å². The molecule has 2 nitrogen and oxygen atoms in total. The van der Waals surface area contributed by atoms with Crippen LogP contribution in [-0.2, 0) is 4.79 Å². The number of allylic oxidation sites excluding steroid dienone is 1. The number of ketones is 1. The van der Waals surface area contributed by atoms with Crippen LogP contribution in [0.2, 0.25) is 0 Å². The molecule has 4 aliphatic rings. The predicted octanol–water partition coefficient (Wildman–Crippen LogP) is 6.81. The van der Waals surface area contributed by atoms with E-state index < -0.39 is 0 Å². The average molecular weight is 415 g/mol. The van der Waals surface area contributed by atoms with E-state index in [2.05, 4.69) is 41.2 Å². The topological polar surface area (TPSA) is 37.3 Å². The summed E-state index contributed by atoms with van der Waals surface area (Å²) in [5, 5.41) is 10.2. The number of carbonyl (C=O) groups excluding carboxylic acids is 1. The molecule has 0 aromatic carbocycles. The second-order valence-electron chi connectivity index (χ2n) is 12.6. The Morgan fingerprint density at radius 2 is 1.73 bits per heavy atom. The maximum absolute atomic E-state index is 13.5. The molecule has 0 aromatic heterocycles. The summed E-state index contributed by atoms with van der Waals surface area (Å²) in [7, 11) is 0. The van der Waals surface area contributed by atoms with Crippen LogP contribution in [0.4, 0.5) is 0 Å². The summed E-state index contributed by atoms with van der Waals surface area (Å²) in [6.45, 7) is 16.3. The Morgan fingerprint density at radius 3 is 2.43 bits per heavy atom. The minimum absolute atomic E-state index is 0.182. The lowest BCUT2D eigenvalue weighted by Gasteiger charge is -2.60. The molecule has 9 atom stereocenters. The minimum Gasteiger partial charge on any atom is -0.393 e. The third-order valence-electron chi connectivity index (χ3n) is 10.9. The number of fused-ring (bicyclic) bond motifs is 5. The van der Waals surface area contributed by atoms with Crippen LogP contribution in [-0.4, -0.2) is 17.0 Å². The van der Waals surface area contributed by atoms with Gasteiger partial charge in [-0.1, -0.05) is 46.8 Å². The molecular formula is C28H46O2. The molecule has 1 N–H and O–H groups in total. The van der Waals surface area contributed by atoms with E-state index in [0.717, 1.165) is 43.9 Å². The van der Waals surface area contributed by atoms with Crippen molar-refractivity contribution in [1.82, 2.24) is 0 Å². The highest BCUT2D eigenvalue weighted by molar-refractivity contribution is 5.83. The van der Waals surface area contributed by atoms with Crippen LogP contribution >= 0.6 is 0 Å². The van der Waals surface area contributed by atoms with Crippen LogP contribution in [0.3, 0.4) is 0 Å². The highest BCUT2D eigenvalue weighted by Gasteiger charge is 2.62. The molecule has 4 rings (SSSR count). The second kappa shape index (κ2) is 8.05. The Bertz CT molecular complexity index is 680. The number of aliphatic hydroxyl groups is 1. The first-order chi connectivity index (χ1) is 14.1. The smallest absolute Gasteiger partial charge is 0.136 e. The molecule has 4 fully saturated rings. The van der Waals surface area contributed by atoms with Crippen LogP contribution in [0.5, 0.6) is 0 Å². The minimum atomic E-state index is -0.182. The molecule has 7 unspecified atom stereocenters. The summed E-state index contributed by atoms with van der Waals surface area (Å²) in [5.41, 5.74) is 2.01. The van der Waals surface area contributed by atoms with Crippen molar-refractivity contribution in [1.29, 1.82) is 0 Å². The lowest BCUT2D eigenvalue weighted by atomic mass is 9.44. The van der Waals surface area contributed by atoms with Crippen LogP contribution in [0.15, 0.2) is 12.2 Å². The number of aliphatic hydroxyl groups excluding tert-OH is 1. The van der Waals surface area contributed by atoms with Gasteiger partial charge < -0.3 is 5.11 Å². The normalized spacial score (nSPS) is 46.8. The molecule has 4 saturated carbocycles. The molecule has 0 bridgehead atoms. The summed E-state index contributed by atoms with van der Waals surface area (Å²) in [6.07, 6.45) is 11.0. The molecule has 0 amide bonds. The Labute approximate surface area is 185 Å². The first kappa shape index (κ1) is 22.6. The van der Waals surface area contributed by atoms with Crippen molar-refractivity contribution < 1.29 is 9.90 Å². The molecule has 4 aliphatic carbocycles. The third-order valence-corrected chi connectivity index (χ3v) is 10.9. The number of Topliss-reactive ketones (excluding diaryl/α,β-unsaturated/α-hetero) is 1. The summed E-state index contributed by atoms with van der Waals surface area (Å²) in [4.78, 5) is 13.5. The second-order valence-corrected chi connectivity index (χ2v) is 12.6. The van der Waals surface area contributed by atoms with Gasteiger partial charge in [0, 0.05) is 12.3 Å². The summed E-state index contributed by atoms with van der Waals surface area (Å²) in [5.74, 6) is 4.48. The van der Waals surface area contributed by atoms with Crippen LogP contribution in [0.25, 0.3) is 0 Å². The summed E-state index contributed by atoms with van der Waals surface area (Å²) in [6, 6.07) is 0. The lowest BCUT2D eigenvalue weighted by Crippen LogP contribution is -2.57. The van der Waals surface area contributed by atoms with Crippen molar-refractivity contribution in [3.63, 3.8) is 0 Å².